The van der Waals surface area contributed by atoms with Crippen LogP contribution in [0.5, 0.6) is 11.5 Å². The lowest BCUT2D eigenvalue weighted by Gasteiger charge is -2.25. The first-order valence-electron chi connectivity index (χ1n) is 6.67. The highest BCUT2D eigenvalue weighted by Crippen LogP contribution is 2.35. The van der Waals surface area contributed by atoms with Gasteiger partial charge in [-0.05, 0) is 35.4 Å². The van der Waals surface area contributed by atoms with Gasteiger partial charge in [0.25, 0.3) is 0 Å². The Morgan fingerprint density at radius 2 is 2.15 bits per heavy atom. The van der Waals surface area contributed by atoms with E-state index in [0.29, 0.717) is 13.0 Å². The van der Waals surface area contributed by atoms with E-state index in [0.717, 1.165) is 27.8 Å². The smallest absolute Gasteiger partial charge is 0.226 e. The molecule has 0 fully saturated rings. The Kier molecular flexibility index (Phi) is 3.22. The fraction of sp³-hybridized carbons (Fsp3) is 0.312. The number of fused-ring (bicyclic) bond motifs is 3. The molecule has 0 aromatic heterocycles. The van der Waals surface area contributed by atoms with E-state index in [2.05, 4.69) is 5.32 Å². The number of nitrogens with one attached hydrogen (secondary N) is 1. The Morgan fingerprint density at radius 3 is 2.90 bits per heavy atom. The summed E-state index contributed by atoms with van der Waals surface area (Å²) in [5, 5.41) is 4.92. The van der Waals surface area contributed by atoms with Crippen molar-refractivity contribution in [3.63, 3.8) is 0 Å². The van der Waals surface area contributed by atoms with Crippen LogP contribution in [-0.4, -0.2) is 26.7 Å². The zero-order valence-corrected chi connectivity index (χ0v) is 11.6. The van der Waals surface area contributed by atoms with E-state index in [9.17, 15) is 4.79 Å². The van der Waals surface area contributed by atoms with Gasteiger partial charge in [-0.2, -0.15) is 0 Å². The van der Waals surface area contributed by atoms with E-state index < -0.39 is 0 Å². The van der Waals surface area contributed by atoms with Crippen molar-refractivity contribution in [3.05, 3.63) is 35.9 Å². The Morgan fingerprint density at radius 1 is 1.35 bits per heavy atom. The number of amides is 1. The van der Waals surface area contributed by atoms with Gasteiger partial charge in [0.15, 0.2) is 0 Å². The SMILES string of the molecule is CNC(=O)C1COc2ccc3ccc(OC)cc3c2C1. The van der Waals surface area contributed by atoms with Gasteiger partial charge in [-0.15, -0.1) is 0 Å². The molecular formula is C16H17NO3. The molecule has 3 rings (SSSR count). The average Bonchev–Trinajstić information content (AvgIpc) is 2.52. The van der Waals surface area contributed by atoms with Gasteiger partial charge in [-0.25, -0.2) is 0 Å². The second-order valence-corrected chi connectivity index (χ2v) is 4.96. The van der Waals surface area contributed by atoms with E-state index in [1.54, 1.807) is 14.2 Å². The van der Waals surface area contributed by atoms with Gasteiger partial charge in [-0.1, -0.05) is 12.1 Å². The van der Waals surface area contributed by atoms with Gasteiger partial charge >= 0.3 is 0 Å². The van der Waals surface area contributed by atoms with E-state index in [1.807, 2.05) is 30.3 Å². The van der Waals surface area contributed by atoms with Crippen LogP contribution in [-0.2, 0) is 11.2 Å². The molecule has 1 amide bonds. The Bertz CT molecular complexity index is 661. The lowest BCUT2D eigenvalue weighted by Crippen LogP contribution is -2.35. The van der Waals surface area contributed by atoms with Crippen LogP contribution in [0.15, 0.2) is 30.3 Å². The van der Waals surface area contributed by atoms with Gasteiger partial charge in [0.2, 0.25) is 5.91 Å². The standard InChI is InChI=1S/C16H17NO3/c1-17-16(18)11-7-14-13-8-12(19-2)5-3-10(13)4-6-15(14)20-9-11/h3-6,8,11H,7,9H2,1-2H3,(H,17,18). The molecule has 0 spiro atoms. The lowest BCUT2D eigenvalue weighted by molar-refractivity contribution is -0.125. The summed E-state index contributed by atoms with van der Waals surface area (Å²) in [7, 11) is 3.31. The van der Waals surface area contributed by atoms with E-state index >= 15 is 0 Å². The first kappa shape index (κ1) is 12.8. The Labute approximate surface area is 117 Å². The van der Waals surface area contributed by atoms with Crippen LogP contribution in [0.1, 0.15) is 5.56 Å². The molecule has 1 N–H and O–H groups in total. The minimum Gasteiger partial charge on any atom is -0.497 e. The van der Waals surface area contributed by atoms with Crippen LogP contribution in [0.2, 0.25) is 0 Å². The largest absolute Gasteiger partial charge is 0.497 e. The van der Waals surface area contributed by atoms with Crippen LogP contribution >= 0.6 is 0 Å². The molecule has 0 bridgehead atoms. The van der Waals surface area contributed by atoms with E-state index in [4.69, 9.17) is 9.47 Å². The maximum Gasteiger partial charge on any atom is 0.226 e. The number of methoxy groups -OCH3 is 1. The highest BCUT2D eigenvalue weighted by molar-refractivity contribution is 5.90. The van der Waals surface area contributed by atoms with Crippen molar-refractivity contribution in [1.29, 1.82) is 0 Å². The predicted octanol–water partition coefficient (Wildman–Crippen LogP) is 2.15. The van der Waals surface area contributed by atoms with Gasteiger partial charge in [0.05, 0.1) is 13.0 Å². The maximum atomic E-state index is 11.8. The third-order valence-corrected chi connectivity index (χ3v) is 3.81. The van der Waals surface area contributed by atoms with Crippen LogP contribution in [0, 0.1) is 5.92 Å². The first-order valence-corrected chi connectivity index (χ1v) is 6.67. The molecule has 0 aliphatic carbocycles. The molecule has 0 saturated heterocycles. The molecule has 0 radical (unpaired) electrons. The molecule has 4 heteroatoms. The molecule has 1 aliphatic rings. The first-order chi connectivity index (χ1) is 9.72. The number of hydrogen-bond acceptors (Lipinski definition) is 3. The summed E-state index contributed by atoms with van der Waals surface area (Å²) < 4.78 is 11.0. The molecule has 20 heavy (non-hydrogen) atoms. The molecule has 2 aromatic rings. The maximum absolute atomic E-state index is 11.8. The molecule has 2 aromatic carbocycles. The molecular weight excluding hydrogens is 254 g/mol. The van der Waals surface area contributed by atoms with Crippen molar-refractivity contribution in [2.24, 2.45) is 5.92 Å². The zero-order valence-electron chi connectivity index (χ0n) is 11.6. The fourth-order valence-corrected chi connectivity index (χ4v) is 2.68. The summed E-state index contributed by atoms with van der Waals surface area (Å²) in [6.07, 6.45) is 0.694. The molecule has 0 saturated carbocycles. The van der Waals surface area contributed by atoms with Crippen molar-refractivity contribution >= 4 is 16.7 Å². The van der Waals surface area contributed by atoms with Crippen molar-refractivity contribution < 1.29 is 14.3 Å². The number of benzene rings is 2. The highest BCUT2D eigenvalue weighted by atomic mass is 16.5. The minimum atomic E-state index is -0.135. The average molecular weight is 271 g/mol. The summed E-state index contributed by atoms with van der Waals surface area (Å²) in [5.74, 6) is 1.57. The summed E-state index contributed by atoms with van der Waals surface area (Å²) >= 11 is 0. The Hall–Kier alpha value is -2.23. The van der Waals surface area contributed by atoms with Crippen LogP contribution in [0.4, 0.5) is 0 Å². The second-order valence-electron chi connectivity index (χ2n) is 4.96. The number of carbonyl (C=O) groups is 1. The number of ether oxygens (including phenoxy) is 2. The van der Waals surface area contributed by atoms with Crippen molar-refractivity contribution in [2.75, 3.05) is 20.8 Å². The minimum absolute atomic E-state index is 0.0237. The van der Waals surface area contributed by atoms with Gasteiger partial charge < -0.3 is 14.8 Å². The number of hydrogen-bond donors (Lipinski definition) is 1. The third-order valence-electron chi connectivity index (χ3n) is 3.81. The van der Waals surface area contributed by atoms with Crippen LogP contribution in [0.3, 0.4) is 0 Å². The van der Waals surface area contributed by atoms with Gasteiger partial charge in [0, 0.05) is 12.6 Å². The van der Waals surface area contributed by atoms with Crippen LogP contribution in [0.25, 0.3) is 10.8 Å². The molecule has 1 unspecified atom stereocenters. The van der Waals surface area contributed by atoms with Crippen molar-refractivity contribution in [2.45, 2.75) is 6.42 Å². The zero-order chi connectivity index (χ0) is 14.1. The van der Waals surface area contributed by atoms with Gasteiger partial charge in [-0.3, -0.25) is 4.79 Å². The third kappa shape index (κ3) is 2.07. The Balaban J connectivity index is 2.09. The highest BCUT2D eigenvalue weighted by Gasteiger charge is 2.26. The lowest BCUT2D eigenvalue weighted by atomic mass is 9.91. The molecule has 104 valence electrons. The normalized spacial score (nSPS) is 17.2. The molecule has 1 atom stereocenters. The summed E-state index contributed by atoms with van der Waals surface area (Å²) in [6.45, 7) is 0.433. The van der Waals surface area contributed by atoms with Crippen LogP contribution < -0.4 is 14.8 Å². The monoisotopic (exact) mass is 271 g/mol. The predicted molar refractivity (Wildman–Crippen MR) is 77.3 cm³/mol. The summed E-state index contributed by atoms with van der Waals surface area (Å²) in [5.41, 5.74) is 1.08. The van der Waals surface area contributed by atoms with Crippen molar-refractivity contribution in [1.82, 2.24) is 5.32 Å². The number of carbonyl (C=O) groups excluding carboxylic acids is 1. The van der Waals surface area contributed by atoms with Crippen molar-refractivity contribution in [3.8, 4) is 11.5 Å². The molecule has 4 nitrogen and oxygen atoms in total. The number of rotatable bonds is 2. The second kappa shape index (κ2) is 5.04. The quantitative estimate of drug-likeness (QED) is 0.910. The summed E-state index contributed by atoms with van der Waals surface area (Å²) in [4.78, 5) is 11.8. The summed E-state index contributed by atoms with van der Waals surface area (Å²) in [6, 6.07) is 9.98. The topological polar surface area (TPSA) is 47.6 Å². The van der Waals surface area contributed by atoms with E-state index in [-0.39, 0.29) is 11.8 Å². The van der Waals surface area contributed by atoms with Gasteiger partial charge in [0.1, 0.15) is 18.1 Å². The molecule has 1 aliphatic heterocycles. The molecule has 1 heterocycles. The fourth-order valence-electron chi connectivity index (χ4n) is 2.68. The van der Waals surface area contributed by atoms with E-state index in [1.165, 1.54) is 0 Å².